The predicted octanol–water partition coefficient (Wildman–Crippen LogP) is 6.47. The van der Waals surface area contributed by atoms with Crippen LogP contribution in [0.3, 0.4) is 0 Å². The number of rotatable bonds is 10. The minimum Gasteiger partial charge on any atom is -0.448 e. The summed E-state index contributed by atoms with van der Waals surface area (Å²) in [6.07, 6.45) is 12.3. The second-order valence-corrected chi connectivity index (χ2v) is 12.4. The highest BCUT2D eigenvalue weighted by Crippen LogP contribution is 2.39. The molecule has 8 nitrogen and oxygen atoms in total. The first-order valence-electron chi connectivity index (χ1n) is 15.8. The zero-order chi connectivity index (χ0) is 29.8. The normalized spacial score (nSPS) is 20.4. The number of aromatic nitrogens is 1. The van der Waals surface area contributed by atoms with E-state index in [1.54, 1.807) is 6.07 Å². The fourth-order valence-corrected chi connectivity index (χ4v) is 6.43. The molecule has 0 bridgehead atoms. The molecule has 3 aliphatic rings. The monoisotopic (exact) mass is 582 g/mol. The van der Waals surface area contributed by atoms with E-state index in [4.69, 9.17) is 4.42 Å². The largest absolute Gasteiger partial charge is 0.448 e. The molecule has 2 fully saturated rings. The highest BCUT2D eigenvalue weighted by molar-refractivity contribution is 6.06. The SMILES string of the molecule is Cc1ccccc1C1=CCN(c2ccc(C(=O)NCCCC3CCC(O)C3)cc2NC(=O)c2coc(C3CC3)n2)CCC1. The van der Waals surface area contributed by atoms with Gasteiger partial charge in [0.1, 0.15) is 6.26 Å². The summed E-state index contributed by atoms with van der Waals surface area (Å²) in [6.45, 7) is 4.25. The maximum absolute atomic E-state index is 13.3. The third kappa shape index (κ3) is 7.19. The lowest BCUT2D eigenvalue weighted by Crippen LogP contribution is -2.27. The standard InChI is InChI=1S/C35H42N4O4/c1-23-6-2-3-9-29(23)25-8-5-18-39(19-16-25)32-15-13-27(33(41)36-17-4-7-24-10-14-28(40)20-24)21-30(32)37-34(42)31-22-43-35(38-31)26-11-12-26/h2-3,6,9,13,15-16,21-22,24,26,28,40H,4-5,7-8,10-12,14,17-20H2,1H3,(H,36,41)(H,37,42). The van der Waals surface area contributed by atoms with Gasteiger partial charge in [-0.15, -0.1) is 0 Å². The Labute approximate surface area is 253 Å². The number of oxazole rings is 1. The second-order valence-electron chi connectivity index (χ2n) is 12.4. The lowest BCUT2D eigenvalue weighted by Gasteiger charge is -2.25. The van der Waals surface area contributed by atoms with Crippen molar-refractivity contribution >= 4 is 28.8 Å². The van der Waals surface area contributed by atoms with E-state index in [0.29, 0.717) is 42.1 Å². The van der Waals surface area contributed by atoms with Crippen molar-refractivity contribution < 1.29 is 19.1 Å². The van der Waals surface area contributed by atoms with Crippen molar-refractivity contribution in [2.24, 2.45) is 5.92 Å². The Morgan fingerprint density at radius 1 is 1.09 bits per heavy atom. The number of allylic oxidation sites excluding steroid dienone is 1. The van der Waals surface area contributed by atoms with Gasteiger partial charge in [0, 0.05) is 31.1 Å². The van der Waals surface area contributed by atoms with Crippen molar-refractivity contribution in [3.05, 3.63) is 83.1 Å². The summed E-state index contributed by atoms with van der Waals surface area (Å²) in [5.74, 6) is 0.961. The van der Waals surface area contributed by atoms with Gasteiger partial charge in [0.25, 0.3) is 11.8 Å². The molecule has 0 radical (unpaired) electrons. The van der Waals surface area contributed by atoms with Gasteiger partial charge < -0.3 is 25.1 Å². The Balaban J connectivity index is 1.19. The van der Waals surface area contributed by atoms with E-state index in [9.17, 15) is 14.7 Å². The lowest BCUT2D eigenvalue weighted by atomic mass is 9.97. The van der Waals surface area contributed by atoms with Gasteiger partial charge in [0.2, 0.25) is 0 Å². The number of nitrogens with one attached hydrogen (secondary N) is 2. The number of aliphatic hydroxyl groups excluding tert-OH is 1. The van der Waals surface area contributed by atoms with Crippen LogP contribution in [0.15, 0.2) is 59.2 Å². The number of amides is 2. The van der Waals surface area contributed by atoms with E-state index >= 15 is 0 Å². The Morgan fingerprint density at radius 3 is 2.74 bits per heavy atom. The van der Waals surface area contributed by atoms with Gasteiger partial charge in [0.15, 0.2) is 11.6 Å². The zero-order valence-corrected chi connectivity index (χ0v) is 25.0. The van der Waals surface area contributed by atoms with Gasteiger partial charge in [-0.1, -0.05) is 30.3 Å². The Kier molecular flexibility index (Phi) is 8.93. The Morgan fingerprint density at radius 2 is 1.95 bits per heavy atom. The van der Waals surface area contributed by atoms with Crippen LogP contribution in [-0.2, 0) is 0 Å². The Hall–Kier alpha value is -3.91. The molecule has 2 heterocycles. The number of hydrogen-bond donors (Lipinski definition) is 3. The van der Waals surface area contributed by atoms with Crippen LogP contribution < -0.4 is 15.5 Å². The molecule has 2 aromatic carbocycles. The number of benzene rings is 2. The van der Waals surface area contributed by atoms with Crippen LogP contribution in [0.4, 0.5) is 11.4 Å². The number of anilines is 2. The van der Waals surface area contributed by atoms with Crippen LogP contribution >= 0.6 is 0 Å². The number of carbonyl (C=O) groups is 2. The van der Waals surface area contributed by atoms with E-state index in [2.05, 4.69) is 57.8 Å². The molecule has 2 saturated carbocycles. The molecule has 8 heteroatoms. The molecule has 2 atom stereocenters. The van der Waals surface area contributed by atoms with Crippen molar-refractivity contribution in [2.45, 2.75) is 76.7 Å². The average molecular weight is 583 g/mol. The number of hydrogen-bond acceptors (Lipinski definition) is 6. The van der Waals surface area contributed by atoms with Crippen LogP contribution in [0.1, 0.15) is 102 Å². The highest BCUT2D eigenvalue weighted by atomic mass is 16.3. The quantitative estimate of drug-likeness (QED) is 0.237. The summed E-state index contributed by atoms with van der Waals surface area (Å²) in [5.41, 5.74) is 6.09. The summed E-state index contributed by atoms with van der Waals surface area (Å²) >= 11 is 0. The number of aryl methyl sites for hydroxylation is 1. The van der Waals surface area contributed by atoms with Crippen LogP contribution in [0.5, 0.6) is 0 Å². The van der Waals surface area contributed by atoms with Gasteiger partial charge >= 0.3 is 0 Å². The highest BCUT2D eigenvalue weighted by Gasteiger charge is 2.30. The first-order valence-corrected chi connectivity index (χ1v) is 15.8. The third-order valence-corrected chi connectivity index (χ3v) is 9.04. The molecular weight excluding hydrogens is 540 g/mol. The van der Waals surface area contributed by atoms with Crippen LogP contribution in [0.25, 0.3) is 5.57 Å². The van der Waals surface area contributed by atoms with Crippen molar-refractivity contribution in [3.8, 4) is 0 Å². The molecule has 3 N–H and O–H groups in total. The maximum Gasteiger partial charge on any atom is 0.277 e. The van der Waals surface area contributed by atoms with Crippen LogP contribution in [0, 0.1) is 12.8 Å². The molecule has 2 aliphatic carbocycles. The van der Waals surface area contributed by atoms with E-state index in [1.165, 1.54) is 23.0 Å². The fourth-order valence-electron chi connectivity index (χ4n) is 6.43. The summed E-state index contributed by atoms with van der Waals surface area (Å²) < 4.78 is 5.57. The summed E-state index contributed by atoms with van der Waals surface area (Å²) in [7, 11) is 0. The van der Waals surface area contributed by atoms with E-state index in [0.717, 1.165) is 70.0 Å². The molecule has 226 valence electrons. The Bertz CT molecular complexity index is 1490. The van der Waals surface area contributed by atoms with E-state index < -0.39 is 0 Å². The first kappa shape index (κ1) is 29.2. The molecule has 2 amide bonds. The summed E-state index contributed by atoms with van der Waals surface area (Å²) in [5, 5.41) is 15.9. The zero-order valence-electron chi connectivity index (χ0n) is 25.0. The minimum absolute atomic E-state index is 0.163. The molecular formula is C35H42N4O4. The number of nitrogens with zero attached hydrogens (tertiary/aromatic N) is 2. The van der Waals surface area contributed by atoms with Crippen molar-refractivity contribution in [1.82, 2.24) is 10.3 Å². The molecule has 0 saturated heterocycles. The smallest absolute Gasteiger partial charge is 0.277 e. The summed E-state index contributed by atoms with van der Waals surface area (Å²) in [4.78, 5) is 33.1. The lowest BCUT2D eigenvalue weighted by molar-refractivity contribution is 0.0950. The molecule has 43 heavy (non-hydrogen) atoms. The number of carbonyl (C=O) groups excluding carboxylic acids is 2. The predicted molar refractivity (Wildman–Crippen MR) is 168 cm³/mol. The van der Waals surface area contributed by atoms with Gasteiger partial charge in [-0.2, -0.15) is 0 Å². The maximum atomic E-state index is 13.3. The van der Waals surface area contributed by atoms with Gasteiger partial charge in [0.05, 0.1) is 17.5 Å². The fraction of sp³-hybridized carbons (Fsp3) is 0.457. The van der Waals surface area contributed by atoms with Gasteiger partial charge in [-0.3, -0.25) is 9.59 Å². The minimum atomic E-state index is -0.348. The third-order valence-electron chi connectivity index (χ3n) is 9.04. The topological polar surface area (TPSA) is 108 Å². The number of aliphatic hydroxyl groups is 1. The summed E-state index contributed by atoms with van der Waals surface area (Å²) in [6, 6.07) is 14.0. The molecule has 3 aromatic rings. The van der Waals surface area contributed by atoms with Crippen molar-refractivity contribution in [2.75, 3.05) is 29.9 Å². The average Bonchev–Trinajstić information content (AvgIpc) is 3.67. The molecule has 1 aromatic heterocycles. The molecule has 2 unspecified atom stereocenters. The second kappa shape index (κ2) is 13.2. The van der Waals surface area contributed by atoms with E-state index in [-0.39, 0.29) is 23.6 Å². The van der Waals surface area contributed by atoms with Crippen molar-refractivity contribution in [1.29, 1.82) is 0 Å². The van der Waals surface area contributed by atoms with E-state index in [1.807, 2.05) is 12.1 Å². The van der Waals surface area contributed by atoms with Gasteiger partial charge in [-0.25, -0.2) is 4.98 Å². The first-order chi connectivity index (χ1) is 20.9. The van der Waals surface area contributed by atoms with Crippen molar-refractivity contribution in [3.63, 3.8) is 0 Å². The molecule has 1 aliphatic heterocycles. The molecule has 6 rings (SSSR count). The van der Waals surface area contributed by atoms with Crippen LogP contribution in [-0.4, -0.2) is 47.6 Å². The molecule has 0 spiro atoms. The van der Waals surface area contributed by atoms with Crippen LogP contribution in [0.2, 0.25) is 0 Å². The van der Waals surface area contributed by atoms with Gasteiger partial charge in [-0.05, 0) is 106 Å².